The summed E-state index contributed by atoms with van der Waals surface area (Å²) in [4.78, 5) is 15.8. The Kier molecular flexibility index (Phi) is 17.6. The molecule has 0 amide bonds. The van der Waals surface area contributed by atoms with E-state index in [0.29, 0.717) is 19.4 Å². The van der Waals surface area contributed by atoms with Crippen molar-refractivity contribution in [2.75, 3.05) is 6.61 Å². The first-order valence-electron chi connectivity index (χ1n) is 12.4. The van der Waals surface area contributed by atoms with Crippen LogP contribution in [0.25, 0.3) is 0 Å². The van der Waals surface area contributed by atoms with E-state index < -0.39 is 0 Å². The number of carbonyl (C=O) groups excluding carboxylic acids is 1. The van der Waals surface area contributed by atoms with Crippen LogP contribution in [0.15, 0.2) is 24.5 Å². The summed E-state index contributed by atoms with van der Waals surface area (Å²) in [5.41, 5.74) is 1.09. The van der Waals surface area contributed by atoms with Crippen molar-refractivity contribution in [1.82, 2.24) is 4.98 Å². The second-order valence-electron chi connectivity index (χ2n) is 8.39. The summed E-state index contributed by atoms with van der Waals surface area (Å²) in [5.74, 6) is -0.0881. The topological polar surface area (TPSA) is 39.2 Å². The Labute approximate surface area is 180 Å². The lowest BCUT2D eigenvalue weighted by Gasteiger charge is -2.05. The van der Waals surface area contributed by atoms with Gasteiger partial charge in [0, 0.05) is 18.8 Å². The number of hydrogen-bond donors (Lipinski definition) is 0. The average molecular weight is 404 g/mol. The summed E-state index contributed by atoms with van der Waals surface area (Å²) < 4.78 is 5.32. The molecule has 0 aliphatic rings. The van der Waals surface area contributed by atoms with Crippen LogP contribution in [-0.4, -0.2) is 17.6 Å². The van der Waals surface area contributed by atoms with E-state index in [1.165, 1.54) is 96.3 Å². The zero-order chi connectivity index (χ0) is 20.8. The second kappa shape index (κ2) is 19.9. The maximum atomic E-state index is 11.7. The molecule has 1 aromatic heterocycles. The minimum atomic E-state index is -0.0881. The van der Waals surface area contributed by atoms with Gasteiger partial charge in [0.05, 0.1) is 6.61 Å². The monoisotopic (exact) mass is 403 g/mol. The van der Waals surface area contributed by atoms with Gasteiger partial charge in [-0.2, -0.15) is 0 Å². The molecule has 0 saturated carbocycles. The molecule has 29 heavy (non-hydrogen) atoms. The van der Waals surface area contributed by atoms with Crippen molar-refractivity contribution >= 4 is 5.97 Å². The van der Waals surface area contributed by atoms with E-state index in [4.69, 9.17) is 4.74 Å². The van der Waals surface area contributed by atoms with E-state index >= 15 is 0 Å². The van der Waals surface area contributed by atoms with Crippen LogP contribution in [0.2, 0.25) is 0 Å². The molecule has 0 fully saturated rings. The Balaban J connectivity index is 1.74. The van der Waals surface area contributed by atoms with Gasteiger partial charge < -0.3 is 4.74 Å². The summed E-state index contributed by atoms with van der Waals surface area (Å²) >= 11 is 0. The predicted molar refractivity (Wildman–Crippen MR) is 123 cm³/mol. The average Bonchev–Trinajstić information content (AvgIpc) is 2.75. The number of pyridine rings is 1. The standard InChI is InChI=1S/C26H45NO2/c1-2-3-4-5-6-7-8-9-10-11-12-13-14-15-16-17-23-29-26(28)21-20-25-19-18-22-27-24-25/h18-19,22,24H,2-17,20-21,23H2,1H3. The third kappa shape index (κ3) is 17.2. The number of esters is 1. The zero-order valence-electron chi connectivity index (χ0n) is 19.0. The van der Waals surface area contributed by atoms with Crippen molar-refractivity contribution in [2.45, 2.75) is 122 Å². The van der Waals surface area contributed by atoms with Crippen molar-refractivity contribution in [3.63, 3.8) is 0 Å². The van der Waals surface area contributed by atoms with Crippen LogP contribution in [0, 0.1) is 0 Å². The van der Waals surface area contributed by atoms with Crippen LogP contribution in [0.1, 0.15) is 122 Å². The van der Waals surface area contributed by atoms with Gasteiger partial charge in [0.2, 0.25) is 0 Å². The van der Waals surface area contributed by atoms with Crippen molar-refractivity contribution in [2.24, 2.45) is 0 Å². The van der Waals surface area contributed by atoms with Gasteiger partial charge in [-0.3, -0.25) is 9.78 Å². The van der Waals surface area contributed by atoms with Crippen LogP contribution in [0.4, 0.5) is 0 Å². The van der Waals surface area contributed by atoms with E-state index in [2.05, 4.69) is 11.9 Å². The minimum Gasteiger partial charge on any atom is -0.466 e. The van der Waals surface area contributed by atoms with Crippen LogP contribution < -0.4 is 0 Å². The number of carbonyl (C=O) groups is 1. The highest BCUT2D eigenvalue weighted by Gasteiger charge is 2.03. The fourth-order valence-corrected chi connectivity index (χ4v) is 3.70. The fourth-order valence-electron chi connectivity index (χ4n) is 3.70. The molecule has 0 spiro atoms. The molecule has 166 valence electrons. The molecular weight excluding hydrogens is 358 g/mol. The van der Waals surface area contributed by atoms with Crippen molar-refractivity contribution < 1.29 is 9.53 Å². The number of nitrogens with zero attached hydrogens (tertiary/aromatic N) is 1. The minimum absolute atomic E-state index is 0.0881. The summed E-state index contributed by atoms with van der Waals surface area (Å²) in [7, 11) is 0. The van der Waals surface area contributed by atoms with Gasteiger partial charge in [-0.25, -0.2) is 0 Å². The number of unbranched alkanes of at least 4 members (excludes halogenated alkanes) is 15. The molecule has 1 heterocycles. The molecule has 0 N–H and O–H groups in total. The van der Waals surface area contributed by atoms with E-state index in [-0.39, 0.29) is 5.97 Å². The van der Waals surface area contributed by atoms with E-state index in [9.17, 15) is 4.79 Å². The summed E-state index contributed by atoms with van der Waals surface area (Å²) in [6.07, 6.45) is 26.5. The largest absolute Gasteiger partial charge is 0.466 e. The molecule has 1 aromatic rings. The third-order valence-corrected chi connectivity index (χ3v) is 5.60. The Morgan fingerprint density at radius 2 is 1.31 bits per heavy atom. The van der Waals surface area contributed by atoms with Gasteiger partial charge >= 0.3 is 5.97 Å². The molecule has 0 bridgehead atoms. The van der Waals surface area contributed by atoms with Crippen LogP contribution in [0.3, 0.4) is 0 Å². The SMILES string of the molecule is CCCCCCCCCCCCCCCCCCOC(=O)CCc1cccnc1. The molecule has 3 nitrogen and oxygen atoms in total. The van der Waals surface area contributed by atoms with E-state index in [1.807, 2.05) is 18.3 Å². The first-order valence-corrected chi connectivity index (χ1v) is 12.4. The number of rotatable bonds is 20. The Morgan fingerprint density at radius 3 is 1.79 bits per heavy atom. The Hall–Kier alpha value is -1.38. The van der Waals surface area contributed by atoms with Gasteiger partial charge in [0.15, 0.2) is 0 Å². The Bertz CT molecular complexity index is 475. The highest BCUT2D eigenvalue weighted by molar-refractivity contribution is 5.69. The normalized spacial score (nSPS) is 10.9. The quantitative estimate of drug-likeness (QED) is 0.164. The van der Waals surface area contributed by atoms with Gasteiger partial charge in [0.25, 0.3) is 0 Å². The van der Waals surface area contributed by atoms with Gasteiger partial charge in [0.1, 0.15) is 0 Å². The Morgan fingerprint density at radius 1 is 0.793 bits per heavy atom. The lowest BCUT2D eigenvalue weighted by atomic mass is 10.0. The molecule has 0 unspecified atom stereocenters. The second-order valence-corrected chi connectivity index (χ2v) is 8.39. The maximum absolute atomic E-state index is 11.7. The molecule has 1 rings (SSSR count). The highest BCUT2D eigenvalue weighted by atomic mass is 16.5. The maximum Gasteiger partial charge on any atom is 0.306 e. The van der Waals surface area contributed by atoms with Crippen LogP contribution in [0.5, 0.6) is 0 Å². The van der Waals surface area contributed by atoms with Gasteiger partial charge in [-0.1, -0.05) is 109 Å². The van der Waals surface area contributed by atoms with E-state index in [1.54, 1.807) is 6.20 Å². The number of ether oxygens (including phenoxy) is 1. The van der Waals surface area contributed by atoms with Crippen LogP contribution >= 0.6 is 0 Å². The number of aryl methyl sites for hydroxylation is 1. The molecule has 0 aliphatic heterocycles. The molecule has 0 atom stereocenters. The molecule has 0 aliphatic carbocycles. The van der Waals surface area contributed by atoms with Crippen molar-refractivity contribution in [3.8, 4) is 0 Å². The molecule has 0 aromatic carbocycles. The highest BCUT2D eigenvalue weighted by Crippen LogP contribution is 2.13. The molecule has 0 saturated heterocycles. The molecule has 0 radical (unpaired) electrons. The molecular formula is C26H45NO2. The fraction of sp³-hybridized carbons (Fsp3) is 0.769. The summed E-state index contributed by atoms with van der Waals surface area (Å²) in [6.45, 7) is 2.86. The number of aromatic nitrogens is 1. The van der Waals surface area contributed by atoms with Crippen molar-refractivity contribution in [3.05, 3.63) is 30.1 Å². The third-order valence-electron chi connectivity index (χ3n) is 5.60. The lowest BCUT2D eigenvalue weighted by Crippen LogP contribution is -2.07. The summed E-state index contributed by atoms with van der Waals surface area (Å²) in [5, 5.41) is 0. The predicted octanol–water partition coefficient (Wildman–Crippen LogP) is 7.82. The number of hydrogen-bond acceptors (Lipinski definition) is 3. The van der Waals surface area contributed by atoms with Gasteiger partial charge in [-0.15, -0.1) is 0 Å². The lowest BCUT2D eigenvalue weighted by molar-refractivity contribution is -0.143. The van der Waals surface area contributed by atoms with Crippen molar-refractivity contribution in [1.29, 1.82) is 0 Å². The first-order chi connectivity index (χ1) is 14.3. The smallest absolute Gasteiger partial charge is 0.306 e. The van der Waals surface area contributed by atoms with E-state index in [0.717, 1.165) is 12.0 Å². The summed E-state index contributed by atoms with van der Waals surface area (Å²) in [6, 6.07) is 3.90. The zero-order valence-corrected chi connectivity index (χ0v) is 19.0. The first kappa shape index (κ1) is 25.7. The molecule has 3 heteroatoms. The van der Waals surface area contributed by atoms with Crippen LogP contribution in [-0.2, 0) is 16.0 Å². The van der Waals surface area contributed by atoms with Gasteiger partial charge in [-0.05, 0) is 24.5 Å².